The quantitative estimate of drug-likeness (QED) is 0.891. The van der Waals surface area contributed by atoms with E-state index in [9.17, 15) is 4.79 Å². The number of anilines is 1. The van der Waals surface area contributed by atoms with Crippen molar-refractivity contribution in [3.05, 3.63) is 29.8 Å². The second kappa shape index (κ2) is 4.92. The molecule has 1 aromatic carbocycles. The van der Waals surface area contributed by atoms with Gasteiger partial charge in [-0.15, -0.1) is 0 Å². The van der Waals surface area contributed by atoms with Crippen LogP contribution in [-0.4, -0.2) is 19.0 Å². The third-order valence-corrected chi connectivity index (χ3v) is 4.98. The summed E-state index contributed by atoms with van der Waals surface area (Å²) in [6.07, 6.45) is 3.42. The smallest absolute Gasteiger partial charge is 0.231 e. The lowest BCUT2D eigenvalue weighted by Crippen LogP contribution is -2.46. The van der Waals surface area contributed by atoms with Crippen LogP contribution in [0, 0.1) is 29.1 Å². The molecule has 0 spiro atoms. The minimum atomic E-state index is -0.0330. The molecule has 2 fully saturated rings. The Morgan fingerprint density at radius 1 is 1.30 bits per heavy atom. The Kier molecular flexibility index (Phi) is 3.23. The third kappa shape index (κ3) is 1.99. The van der Waals surface area contributed by atoms with Gasteiger partial charge >= 0.3 is 0 Å². The van der Waals surface area contributed by atoms with Crippen molar-refractivity contribution >= 4 is 11.6 Å². The predicted octanol–water partition coefficient (Wildman–Crippen LogP) is 1.89. The summed E-state index contributed by atoms with van der Waals surface area (Å²) in [5, 5.41) is 8.81. The van der Waals surface area contributed by atoms with Crippen molar-refractivity contribution in [3.8, 4) is 6.07 Å². The van der Waals surface area contributed by atoms with Crippen LogP contribution in [0.5, 0.6) is 0 Å². The summed E-state index contributed by atoms with van der Waals surface area (Å²) >= 11 is 0. The summed E-state index contributed by atoms with van der Waals surface area (Å²) in [6, 6.07) is 9.20. The number of carbonyl (C=O) groups excluding carboxylic acids is 1. The average Bonchev–Trinajstić information content (AvgIpc) is 3.07. The van der Waals surface area contributed by atoms with Crippen LogP contribution >= 0.6 is 0 Å². The van der Waals surface area contributed by atoms with E-state index in [0.717, 1.165) is 18.5 Å². The van der Waals surface area contributed by atoms with Crippen LogP contribution in [0.3, 0.4) is 0 Å². The molecule has 0 heterocycles. The van der Waals surface area contributed by atoms with Gasteiger partial charge in [-0.2, -0.15) is 5.26 Å². The summed E-state index contributed by atoms with van der Waals surface area (Å²) in [7, 11) is 1.79. The van der Waals surface area contributed by atoms with Crippen LogP contribution in [0.1, 0.15) is 24.8 Å². The Hall–Kier alpha value is -1.86. The van der Waals surface area contributed by atoms with Crippen LogP contribution in [0.15, 0.2) is 24.3 Å². The lowest BCUT2D eigenvalue weighted by molar-refractivity contribution is -0.124. The molecule has 0 saturated heterocycles. The second-order valence-corrected chi connectivity index (χ2v) is 5.99. The number of amides is 1. The van der Waals surface area contributed by atoms with Gasteiger partial charge in [0.05, 0.1) is 17.6 Å². The summed E-state index contributed by atoms with van der Waals surface area (Å²) in [5.74, 6) is 1.08. The van der Waals surface area contributed by atoms with Gasteiger partial charge in [-0.3, -0.25) is 4.79 Å². The van der Waals surface area contributed by atoms with Gasteiger partial charge in [-0.05, 0) is 55.4 Å². The molecule has 2 aliphatic rings. The largest absolute Gasteiger partial charge is 0.327 e. The summed E-state index contributed by atoms with van der Waals surface area (Å²) < 4.78 is 0. The van der Waals surface area contributed by atoms with Gasteiger partial charge in [0.15, 0.2) is 0 Å². The van der Waals surface area contributed by atoms with Gasteiger partial charge in [0.25, 0.3) is 0 Å². The summed E-state index contributed by atoms with van der Waals surface area (Å²) in [4.78, 5) is 14.4. The highest BCUT2D eigenvalue weighted by Crippen LogP contribution is 2.48. The molecule has 1 amide bonds. The zero-order valence-corrected chi connectivity index (χ0v) is 11.6. The molecule has 3 rings (SSSR count). The molecular formula is C16H19N3O. The van der Waals surface area contributed by atoms with E-state index in [-0.39, 0.29) is 17.9 Å². The lowest BCUT2D eigenvalue weighted by Gasteiger charge is -2.30. The molecule has 4 unspecified atom stereocenters. The van der Waals surface area contributed by atoms with Gasteiger partial charge in [0.1, 0.15) is 0 Å². The number of fused-ring (bicyclic) bond motifs is 2. The van der Waals surface area contributed by atoms with Crippen molar-refractivity contribution in [1.82, 2.24) is 0 Å². The molecule has 1 aromatic rings. The highest BCUT2D eigenvalue weighted by molar-refractivity contribution is 5.95. The first-order valence-corrected chi connectivity index (χ1v) is 7.15. The standard InChI is InChI=1S/C16H19N3O/c1-19(13-6-2-10(9-17)3-7-13)16(20)14-11-4-5-12(8-11)15(14)18/h2-3,6-7,11-12,14-15H,4-5,8,18H2,1H3. The molecule has 4 atom stereocenters. The number of hydrogen-bond donors (Lipinski definition) is 1. The van der Waals surface area contributed by atoms with Crippen molar-refractivity contribution in [2.45, 2.75) is 25.3 Å². The second-order valence-electron chi connectivity index (χ2n) is 5.99. The molecule has 4 heteroatoms. The number of nitrogens with two attached hydrogens (primary N) is 1. The van der Waals surface area contributed by atoms with Crippen LogP contribution in [0.25, 0.3) is 0 Å². The fraction of sp³-hybridized carbons (Fsp3) is 0.500. The first-order chi connectivity index (χ1) is 9.61. The van der Waals surface area contributed by atoms with Gasteiger partial charge in [-0.25, -0.2) is 0 Å². The fourth-order valence-electron chi connectivity index (χ4n) is 3.81. The van der Waals surface area contributed by atoms with E-state index in [0.29, 0.717) is 17.4 Å². The molecule has 0 aromatic heterocycles. The molecule has 4 nitrogen and oxygen atoms in total. The van der Waals surface area contributed by atoms with E-state index in [1.807, 2.05) is 12.1 Å². The molecule has 20 heavy (non-hydrogen) atoms. The lowest BCUT2D eigenvalue weighted by atomic mass is 9.84. The van der Waals surface area contributed by atoms with Crippen LogP contribution in [-0.2, 0) is 4.79 Å². The van der Waals surface area contributed by atoms with E-state index in [4.69, 9.17) is 11.0 Å². The van der Waals surface area contributed by atoms with Gasteiger partial charge in [-0.1, -0.05) is 0 Å². The minimum Gasteiger partial charge on any atom is -0.327 e. The van der Waals surface area contributed by atoms with Crippen LogP contribution in [0.2, 0.25) is 0 Å². The molecule has 104 valence electrons. The topological polar surface area (TPSA) is 70.1 Å². The maximum Gasteiger partial charge on any atom is 0.231 e. The third-order valence-electron chi connectivity index (χ3n) is 4.98. The monoisotopic (exact) mass is 269 g/mol. The molecule has 2 N–H and O–H groups in total. The maximum atomic E-state index is 12.7. The van der Waals surface area contributed by atoms with E-state index < -0.39 is 0 Å². The number of hydrogen-bond acceptors (Lipinski definition) is 3. The van der Waals surface area contributed by atoms with Crippen molar-refractivity contribution in [3.63, 3.8) is 0 Å². The summed E-state index contributed by atoms with van der Waals surface area (Å²) in [6.45, 7) is 0. The number of nitriles is 1. The van der Waals surface area contributed by atoms with Crippen LogP contribution in [0.4, 0.5) is 5.69 Å². The van der Waals surface area contributed by atoms with Crippen molar-refractivity contribution in [2.24, 2.45) is 23.5 Å². The minimum absolute atomic E-state index is 0.0158. The highest BCUT2D eigenvalue weighted by atomic mass is 16.2. The molecule has 2 aliphatic carbocycles. The molecular weight excluding hydrogens is 250 g/mol. The Labute approximate surface area is 119 Å². The van der Waals surface area contributed by atoms with E-state index in [1.165, 1.54) is 6.42 Å². The Morgan fingerprint density at radius 3 is 2.50 bits per heavy atom. The Morgan fingerprint density at radius 2 is 1.95 bits per heavy atom. The van der Waals surface area contributed by atoms with Crippen molar-refractivity contribution in [2.75, 3.05) is 11.9 Å². The zero-order valence-electron chi connectivity index (χ0n) is 11.6. The fourth-order valence-corrected chi connectivity index (χ4v) is 3.81. The summed E-state index contributed by atoms with van der Waals surface area (Å²) in [5.41, 5.74) is 7.66. The number of nitrogens with zero attached hydrogens (tertiary/aromatic N) is 2. The van der Waals surface area contributed by atoms with Gasteiger partial charge in [0.2, 0.25) is 5.91 Å². The SMILES string of the molecule is CN(C(=O)C1C2CCC(C2)C1N)c1ccc(C#N)cc1. The highest BCUT2D eigenvalue weighted by Gasteiger charge is 2.49. The molecule has 0 radical (unpaired) electrons. The van der Waals surface area contributed by atoms with Gasteiger partial charge in [0, 0.05) is 18.8 Å². The van der Waals surface area contributed by atoms with E-state index in [2.05, 4.69) is 6.07 Å². The Balaban J connectivity index is 1.78. The van der Waals surface area contributed by atoms with Gasteiger partial charge < -0.3 is 10.6 Å². The molecule has 2 bridgehead atoms. The number of carbonyl (C=O) groups is 1. The first kappa shape index (κ1) is 13.1. The zero-order chi connectivity index (χ0) is 14.3. The Bertz CT molecular complexity index is 558. The van der Waals surface area contributed by atoms with Crippen molar-refractivity contribution < 1.29 is 4.79 Å². The average molecular weight is 269 g/mol. The predicted molar refractivity (Wildman–Crippen MR) is 76.9 cm³/mol. The van der Waals surface area contributed by atoms with E-state index in [1.54, 1.807) is 24.1 Å². The van der Waals surface area contributed by atoms with Crippen molar-refractivity contribution in [1.29, 1.82) is 5.26 Å². The number of benzene rings is 1. The molecule has 0 aliphatic heterocycles. The normalized spacial score (nSPS) is 31.1. The maximum absolute atomic E-state index is 12.7. The van der Waals surface area contributed by atoms with Crippen LogP contribution < -0.4 is 10.6 Å². The first-order valence-electron chi connectivity index (χ1n) is 7.15. The number of rotatable bonds is 2. The molecule has 2 saturated carbocycles. The van der Waals surface area contributed by atoms with E-state index >= 15 is 0 Å².